The lowest BCUT2D eigenvalue weighted by atomic mass is 9.99. The molecule has 0 saturated heterocycles. The second-order valence-electron chi connectivity index (χ2n) is 9.06. The average Bonchev–Trinajstić information content (AvgIpc) is 2.97. The minimum absolute atomic E-state index is 0. The maximum atomic E-state index is 12.3. The van der Waals surface area contributed by atoms with Gasteiger partial charge >= 0.3 is 0 Å². The summed E-state index contributed by atoms with van der Waals surface area (Å²) in [6.45, 7) is 3.18. The van der Waals surface area contributed by atoms with E-state index in [9.17, 15) is 20.1 Å². The number of nitrogens with two attached hydrogens (primary N) is 1. The van der Waals surface area contributed by atoms with Gasteiger partial charge in [0, 0.05) is 22.5 Å². The molecule has 10 heteroatoms. The van der Waals surface area contributed by atoms with Crippen molar-refractivity contribution in [3.8, 4) is 28.7 Å². The van der Waals surface area contributed by atoms with Crippen LogP contribution in [0.25, 0.3) is 0 Å². The van der Waals surface area contributed by atoms with Crippen LogP contribution in [0.2, 0.25) is 0 Å². The fourth-order valence-electron chi connectivity index (χ4n) is 3.40. The molecule has 5 rings (SSSR count). The highest BCUT2D eigenvalue weighted by molar-refractivity contribution is 6.51. The van der Waals surface area contributed by atoms with E-state index in [2.05, 4.69) is 10.3 Å². The predicted octanol–water partition coefficient (Wildman–Crippen LogP) is 6.60. The zero-order chi connectivity index (χ0) is 30.8. The van der Waals surface area contributed by atoms with Crippen molar-refractivity contribution in [3.05, 3.63) is 120 Å². The molecule has 0 aromatic heterocycles. The summed E-state index contributed by atoms with van der Waals surface area (Å²) in [4.78, 5) is 16.6. The molecule has 0 fully saturated rings. The molecule has 4 aromatic carbocycles. The van der Waals surface area contributed by atoms with E-state index in [1.165, 1.54) is 49.4 Å². The Hall–Kier alpha value is -5.90. The van der Waals surface area contributed by atoms with Crippen LogP contribution in [0.4, 0.5) is 17.1 Å². The predicted molar refractivity (Wildman–Crippen MR) is 169 cm³/mol. The smallest absolute Gasteiger partial charge is 0.210 e. The van der Waals surface area contributed by atoms with E-state index in [0.29, 0.717) is 28.3 Å². The first-order valence-corrected chi connectivity index (χ1v) is 12.6. The number of hydrogen-bond acceptors (Lipinski definition) is 10. The Labute approximate surface area is 249 Å². The standard InChI is InChI=1S/C19H16N2O4.C7H8O2.C6H7NO.CH4/c1-11-18(24)16(20-12-2-6-14(22)7-3-12)10-17(19(11)25)21-13-4-8-15(23)9-5-13;1-5-6(8)3-2-4-7(5)9;7-5-1-3-6(8)4-2-5;/h2-10,20,22-24H,1H3;2-4,8-9H,1H3;1-4,8H,7H2;1H4. The Balaban J connectivity index is 0.000000292. The molecule has 1 aliphatic carbocycles. The summed E-state index contributed by atoms with van der Waals surface area (Å²) >= 11 is 0. The molecule has 0 atom stereocenters. The van der Waals surface area contributed by atoms with Crippen LogP contribution < -0.4 is 11.1 Å². The molecule has 1 aliphatic rings. The normalized spacial score (nSPS) is 13.0. The molecule has 0 spiro atoms. The Morgan fingerprint density at radius 2 is 1.14 bits per heavy atom. The number of carbonyl (C=O) groups excluding carboxylic acids is 1. The number of phenolic OH excluding ortho intramolecular Hbond substituents is 5. The second kappa shape index (κ2) is 15.2. The average molecular weight is 586 g/mol. The SMILES string of the molecule is C.CC1=C(O)C(Nc2ccc(O)cc2)=CC(=Nc2ccc(O)cc2)C1=O.Cc1c(O)cccc1O.Nc1ccc(O)cc1. The Morgan fingerprint density at radius 3 is 1.60 bits per heavy atom. The Bertz CT molecular complexity index is 1580. The lowest BCUT2D eigenvalue weighted by Crippen LogP contribution is -2.22. The van der Waals surface area contributed by atoms with Crippen LogP contribution in [-0.4, -0.2) is 42.1 Å². The van der Waals surface area contributed by atoms with Crippen LogP contribution in [-0.2, 0) is 4.79 Å². The van der Waals surface area contributed by atoms with Gasteiger partial charge < -0.3 is 41.7 Å². The van der Waals surface area contributed by atoms with Crippen LogP contribution in [0, 0.1) is 6.92 Å². The molecule has 43 heavy (non-hydrogen) atoms. The van der Waals surface area contributed by atoms with E-state index in [4.69, 9.17) is 21.1 Å². The van der Waals surface area contributed by atoms with E-state index in [1.54, 1.807) is 61.5 Å². The number of nitrogens with one attached hydrogen (secondary N) is 1. The van der Waals surface area contributed by atoms with Crippen LogP contribution >= 0.6 is 0 Å². The van der Waals surface area contributed by atoms with Gasteiger partial charge in [0.25, 0.3) is 0 Å². The number of aliphatic hydroxyl groups excluding tert-OH is 1. The summed E-state index contributed by atoms with van der Waals surface area (Å²) in [6, 6.07) is 23.5. The van der Waals surface area contributed by atoms with E-state index < -0.39 is 0 Å². The van der Waals surface area contributed by atoms with Crippen LogP contribution in [0.15, 0.2) is 119 Å². The lowest BCUT2D eigenvalue weighted by molar-refractivity contribution is -0.109. The van der Waals surface area contributed by atoms with Gasteiger partial charge in [-0.25, -0.2) is 4.99 Å². The van der Waals surface area contributed by atoms with Crippen LogP contribution in [0.5, 0.6) is 28.7 Å². The number of rotatable bonds is 3. The number of anilines is 2. The molecule has 0 heterocycles. The van der Waals surface area contributed by atoms with E-state index in [1.807, 2.05) is 0 Å². The third-order valence-electron chi connectivity index (χ3n) is 5.88. The van der Waals surface area contributed by atoms with Crippen molar-refractivity contribution in [1.82, 2.24) is 0 Å². The molecule has 4 aromatic rings. The first-order valence-electron chi connectivity index (χ1n) is 12.6. The maximum absolute atomic E-state index is 12.3. The second-order valence-corrected chi connectivity index (χ2v) is 9.06. The number of phenols is 5. The highest BCUT2D eigenvalue weighted by Crippen LogP contribution is 2.26. The molecule has 10 nitrogen and oxygen atoms in total. The molecule has 0 unspecified atom stereocenters. The van der Waals surface area contributed by atoms with Crippen molar-refractivity contribution in [1.29, 1.82) is 0 Å². The molecule has 0 bridgehead atoms. The van der Waals surface area contributed by atoms with Gasteiger partial charge in [-0.2, -0.15) is 0 Å². The van der Waals surface area contributed by atoms with Gasteiger partial charge in [0.1, 0.15) is 40.2 Å². The number of Topliss-reactive ketones (excluding diaryl/α,β-unsaturated/α-hetero) is 1. The fraction of sp³-hybridized carbons (Fsp3) is 0.0909. The molecule has 9 N–H and O–H groups in total. The number of aliphatic hydroxyl groups is 1. The number of allylic oxidation sites excluding steroid dienone is 2. The number of ketones is 1. The zero-order valence-electron chi connectivity index (χ0n) is 22.9. The van der Waals surface area contributed by atoms with Crippen molar-refractivity contribution in [2.45, 2.75) is 21.3 Å². The summed E-state index contributed by atoms with van der Waals surface area (Å²) in [5, 5.41) is 58.5. The van der Waals surface area contributed by atoms with E-state index in [0.717, 1.165) is 0 Å². The van der Waals surface area contributed by atoms with Gasteiger partial charge in [0.15, 0.2) is 0 Å². The first-order chi connectivity index (χ1) is 19.9. The lowest BCUT2D eigenvalue weighted by Gasteiger charge is -2.17. The molecule has 0 aliphatic heterocycles. The van der Waals surface area contributed by atoms with Gasteiger partial charge in [-0.15, -0.1) is 0 Å². The van der Waals surface area contributed by atoms with E-state index in [-0.39, 0.29) is 59.0 Å². The summed E-state index contributed by atoms with van der Waals surface area (Å²) < 4.78 is 0. The first kappa shape index (κ1) is 33.3. The highest BCUT2D eigenvalue weighted by Gasteiger charge is 2.24. The van der Waals surface area contributed by atoms with Gasteiger partial charge in [-0.3, -0.25) is 4.79 Å². The topological polar surface area (TPSA) is 189 Å². The number of benzene rings is 4. The van der Waals surface area contributed by atoms with Crippen molar-refractivity contribution in [2.24, 2.45) is 4.99 Å². The zero-order valence-corrected chi connectivity index (χ0v) is 22.9. The highest BCUT2D eigenvalue weighted by atomic mass is 16.3. The molecule has 0 amide bonds. The quantitative estimate of drug-likeness (QED) is 0.0744. The number of nitrogen functional groups attached to an aromatic ring is 1. The largest absolute Gasteiger partial charge is 0.508 e. The summed E-state index contributed by atoms with van der Waals surface area (Å²) in [5.74, 6) is 0.232. The minimum Gasteiger partial charge on any atom is -0.508 e. The summed E-state index contributed by atoms with van der Waals surface area (Å²) in [6.07, 6.45) is 1.46. The molecule has 0 saturated carbocycles. The number of hydrogen-bond donors (Lipinski definition) is 8. The van der Waals surface area contributed by atoms with Crippen LogP contribution in [0.1, 0.15) is 19.9 Å². The van der Waals surface area contributed by atoms with Crippen molar-refractivity contribution in [3.63, 3.8) is 0 Å². The fourth-order valence-corrected chi connectivity index (χ4v) is 3.40. The minimum atomic E-state index is -0.373. The molecular formula is C33H35N3O7. The number of nitrogens with zero attached hydrogens (tertiary/aromatic N) is 1. The molecule has 224 valence electrons. The Morgan fingerprint density at radius 1 is 0.674 bits per heavy atom. The van der Waals surface area contributed by atoms with Crippen molar-refractivity contribution < 1.29 is 35.4 Å². The monoisotopic (exact) mass is 585 g/mol. The maximum Gasteiger partial charge on any atom is 0.210 e. The summed E-state index contributed by atoms with van der Waals surface area (Å²) in [7, 11) is 0. The van der Waals surface area contributed by atoms with Crippen LogP contribution in [0.3, 0.4) is 0 Å². The summed E-state index contributed by atoms with van der Waals surface area (Å²) in [5.41, 5.74) is 8.34. The molecular weight excluding hydrogens is 550 g/mol. The number of aromatic hydroxyl groups is 5. The van der Waals surface area contributed by atoms with Gasteiger partial charge in [0.05, 0.1) is 11.4 Å². The van der Waals surface area contributed by atoms with Crippen molar-refractivity contribution >= 4 is 28.6 Å². The van der Waals surface area contributed by atoms with Gasteiger partial charge in [0.2, 0.25) is 5.78 Å². The van der Waals surface area contributed by atoms with Crippen molar-refractivity contribution in [2.75, 3.05) is 11.1 Å². The van der Waals surface area contributed by atoms with E-state index >= 15 is 0 Å². The number of aliphatic imine (C=N–C) groups is 1. The van der Waals surface area contributed by atoms with Gasteiger partial charge in [-0.1, -0.05) is 13.5 Å². The van der Waals surface area contributed by atoms with Gasteiger partial charge in [-0.05, 0) is 105 Å². The number of carbonyl (C=O) groups is 1. The Kier molecular flexibility index (Phi) is 11.8. The molecule has 0 radical (unpaired) electrons. The third-order valence-corrected chi connectivity index (χ3v) is 5.88. The third kappa shape index (κ3) is 9.61.